The van der Waals surface area contributed by atoms with Crippen LogP contribution in [0.4, 0.5) is 10.5 Å². The van der Waals surface area contributed by atoms with Gasteiger partial charge < -0.3 is 14.4 Å². The first-order chi connectivity index (χ1) is 16.2. The number of primary sulfonamides is 1. The molecule has 178 valence electrons. The van der Waals surface area contributed by atoms with Crippen molar-refractivity contribution in [3.05, 3.63) is 83.4 Å². The maximum absolute atomic E-state index is 13.3. The van der Waals surface area contributed by atoms with Gasteiger partial charge in [0.15, 0.2) is 0 Å². The number of methoxy groups -OCH3 is 1. The first-order valence-corrected chi connectivity index (χ1v) is 12.6. The molecule has 0 unspecified atom stereocenters. The number of urea groups is 1. The Morgan fingerprint density at radius 2 is 1.65 bits per heavy atom. The van der Waals surface area contributed by atoms with Crippen LogP contribution in [0.2, 0.25) is 5.02 Å². The first-order valence-electron chi connectivity index (χ1n) is 10.5. The number of amides is 2. The number of halogens is 1. The molecule has 0 aromatic heterocycles. The fourth-order valence-electron chi connectivity index (χ4n) is 3.79. The monoisotopic (exact) mass is 501 g/mol. The number of ether oxygens (including phenoxy) is 2. The molecule has 1 saturated heterocycles. The largest absolute Gasteiger partial charge is 0.497 e. The third-order valence-corrected chi connectivity index (χ3v) is 6.47. The molecule has 0 radical (unpaired) electrons. The van der Waals surface area contributed by atoms with Crippen LogP contribution in [0.1, 0.15) is 11.6 Å². The molecule has 3 aromatic rings. The van der Waals surface area contributed by atoms with Gasteiger partial charge in [0.25, 0.3) is 0 Å². The average molecular weight is 502 g/mol. The van der Waals surface area contributed by atoms with E-state index in [0.29, 0.717) is 34.5 Å². The molecular weight excluding hydrogens is 478 g/mol. The molecule has 34 heavy (non-hydrogen) atoms. The van der Waals surface area contributed by atoms with Gasteiger partial charge in [0.05, 0.1) is 18.9 Å². The fourth-order valence-corrected chi connectivity index (χ4v) is 4.39. The van der Waals surface area contributed by atoms with Gasteiger partial charge in [-0.1, -0.05) is 23.7 Å². The molecule has 0 bridgehead atoms. The van der Waals surface area contributed by atoms with E-state index in [1.165, 1.54) is 4.90 Å². The van der Waals surface area contributed by atoms with Crippen molar-refractivity contribution in [2.45, 2.75) is 6.04 Å². The SMILES string of the molecule is COc1cccc([C@H]2CN(CCS(N)(=O)=O)C(=O)N2c2ccc(Oc3ccc(Cl)cc3)cc2)c1. The summed E-state index contributed by atoms with van der Waals surface area (Å²) in [7, 11) is -2.13. The van der Waals surface area contributed by atoms with Crippen LogP contribution >= 0.6 is 11.6 Å². The molecule has 1 aliphatic rings. The number of sulfonamides is 1. The van der Waals surface area contributed by atoms with Gasteiger partial charge in [0.1, 0.15) is 17.2 Å². The molecule has 2 N–H and O–H groups in total. The quantitative estimate of drug-likeness (QED) is 0.492. The van der Waals surface area contributed by atoms with Crippen LogP contribution in [0, 0.1) is 0 Å². The number of nitrogens with two attached hydrogens (primary N) is 1. The van der Waals surface area contributed by atoms with Crippen molar-refractivity contribution in [2.24, 2.45) is 5.14 Å². The predicted molar refractivity (Wildman–Crippen MR) is 131 cm³/mol. The predicted octanol–water partition coefficient (Wildman–Crippen LogP) is 4.41. The van der Waals surface area contributed by atoms with Crippen LogP contribution in [0.3, 0.4) is 0 Å². The lowest BCUT2D eigenvalue weighted by atomic mass is 10.1. The molecular formula is C24H24ClN3O5S. The molecule has 10 heteroatoms. The van der Waals surface area contributed by atoms with E-state index in [-0.39, 0.29) is 24.4 Å². The van der Waals surface area contributed by atoms with Gasteiger partial charge in [-0.05, 0) is 66.2 Å². The van der Waals surface area contributed by atoms with Gasteiger partial charge in [0, 0.05) is 23.8 Å². The number of carbonyl (C=O) groups excluding carboxylic acids is 1. The maximum Gasteiger partial charge on any atom is 0.325 e. The van der Waals surface area contributed by atoms with Crippen LogP contribution in [0.15, 0.2) is 72.8 Å². The third-order valence-electron chi connectivity index (χ3n) is 5.47. The highest BCUT2D eigenvalue weighted by molar-refractivity contribution is 7.89. The Balaban J connectivity index is 1.61. The lowest BCUT2D eigenvalue weighted by Crippen LogP contribution is -2.36. The molecule has 2 amide bonds. The van der Waals surface area contributed by atoms with Gasteiger partial charge in [0.2, 0.25) is 10.0 Å². The molecule has 1 atom stereocenters. The molecule has 3 aromatic carbocycles. The Hall–Kier alpha value is -3.27. The summed E-state index contributed by atoms with van der Waals surface area (Å²) in [6.45, 7) is 0.316. The van der Waals surface area contributed by atoms with Gasteiger partial charge in [-0.15, -0.1) is 0 Å². The zero-order chi connectivity index (χ0) is 24.3. The van der Waals surface area contributed by atoms with Gasteiger partial charge >= 0.3 is 6.03 Å². The molecule has 8 nitrogen and oxygen atoms in total. The fraction of sp³-hybridized carbons (Fsp3) is 0.208. The summed E-state index contributed by atoms with van der Waals surface area (Å²) in [5.41, 5.74) is 1.52. The third kappa shape index (κ3) is 5.61. The van der Waals surface area contributed by atoms with E-state index in [4.69, 9.17) is 26.2 Å². The highest BCUT2D eigenvalue weighted by atomic mass is 35.5. The normalized spacial score (nSPS) is 16.1. The lowest BCUT2D eigenvalue weighted by molar-refractivity contribution is 0.223. The summed E-state index contributed by atoms with van der Waals surface area (Å²) in [5.74, 6) is 1.59. The summed E-state index contributed by atoms with van der Waals surface area (Å²) >= 11 is 5.92. The Morgan fingerprint density at radius 3 is 2.26 bits per heavy atom. The van der Waals surface area contributed by atoms with E-state index < -0.39 is 10.0 Å². The molecule has 0 aliphatic carbocycles. The Bertz CT molecular complexity index is 1270. The second kappa shape index (κ2) is 9.92. The molecule has 0 spiro atoms. The van der Waals surface area contributed by atoms with Crippen LogP contribution in [-0.4, -0.2) is 45.3 Å². The minimum atomic E-state index is -3.71. The number of hydrogen-bond acceptors (Lipinski definition) is 5. The van der Waals surface area contributed by atoms with Crippen molar-refractivity contribution in [3.8, 4) is 17.2 Å². The Morgan fingerprint density at radius 1 is 1.00 bits per heavy atom. The van der Waals surface area contributed by atoms with Crippen LogP contribution < -0.4 is 19.5 Å². The number of carbonyl (C=O) groups is 1. The van der Waals surface area contributed by atoms with Crippen molar-refractivity contribution < 1.29 is 22.7 Å². The molecule has 1 fully saturated rings. The smallest absolute Gasteiger partial charge is 0.325 e. The summed E-state index contributed by atoms with van der Waals surface area (Å²) < 4.78 is 34.1. The number of anilines is 1. The summed E-state index contributed by atoms with van der Waals surface area (Å²) in [6, 6.07) is 20.9. The van der Waals surface area contributed by atoms with Gasteiger partial charge in [-0.3, -0.25) is 4.90 Å². The van der Waals surface area contributed by atoms with E-state index in [1.54, 1.807) is 60.5 Å². The van der Waals surface area contributed by atoms with Crippen molar-refractivity contribution >= 4 is 33.3 Å². The highest BCUT2D eigenvalue weighted by Gasteiger charge is 2.39. The maximum atomic E-state index is 13.3. The number of benzene rings is 3. The van der Waals surface area contributed by atoms with E-state index in [0.717, 1.165) is 5.56 Å². The van der Waals surface area contributed by atoms with E-state index in [2.05, 4.69) is 0 Å². The lowest BCUT2D eigenvalue weighted by Gasteiger charge is -2.24. The molecule has 1 aliphatic heterocycles. The van der Waals surface area contributed by atoms with Crippen molar-refractivity contribution in [1.29, 1.82) is 0 Å². The topological polar surface area (TPSA) is 102 Å². The summed E-state index contributed by atoms with van der Waals surface area (Å²) in [4.78, 5) is 16.4. The van der Waals surface area contributed by atoms with Crippen LogP contribution in [-0.2, 0) is 10.0 Å². The summed E-state index contributed by atoms with van der Waals surface area (Å²) in [6.07, 6.45) is 0. The Kier molecular flexibility index (Phi) is 6.97. The average Bonchev–Trinajstić information content (AvgIpc) is 3.15. The van der Waals surface area contributed by atoms with Gasteiger partial charge in [-0.25, -0.2) is 18.4 Å². The van der Waals surface area contributed by atoms with Crippen molar-refractivity contribution in [3.63, 3.8) is 0 Å². The van der Waals surface area contributed by atoms with Crippen molar-refractivity contribution in [1.82, 2.24) is 4.90 Å². The Labute approximate surface area is 203 Å². The van der Waals surface area contributed by atoms with E-state index in [1.807, 2.05) is 24.3 Å². The number of hydrogen-bond donors (Lipinski definition) is 1. The number of rotatable bonds is 8. The summed E-state index contributed by atoms with van der Waals surface area (Å²) in [5, 5.41) is 5.78. The van der Waals surface area contributed by atoms with Crippen LogP contribution in [0.25, 0.3) is 0 Å². The zero-order valence-corrected chi connectivity index (χ0v) is 20.0. The van der Waals surface area contributed by atoms with E-state index in [9.17, 15) is 13.2 Å². The molecule has 4 rings (SSSR count). The molecule has 0 saturated carbocycles. The first kappa shape index (κ1) is 23.9. The minimum Gasteiger partial charge on any atom is -0.497 e. The second-order valence-electron chi connectivity index (χ2n) is 7.81. The number of nitrogens with zero attached hydrogens (tertiary/aromatic N) is 2. The minimum absolute atomic E-state index is 0.00635. The van der Waals surface area contributed by atoms with E-state index >= 15 is 0 Å². The van der Waals surface area contributed by atoms with Crippen LogP contribution in [0.5, 0.6) is 17.2 Å². The van der Waals surface area contributed by atoms with Crippen molar-refractivity contribution in [2.75, 3.05) is 30.9 Å². The molecule has 1 heterocycles. The standard InChI is InChI=1S/C24H24ClN3O5S/c1-32-22-4-2-3-17(15-22)23-16-27(13-14-34(26,30)31)24(29)28(23)19-7-11-21(12-8-19)33-20-9-5-18(25)6-10-20/h2-12,15,23H,13-14,16H2,1H3,(H2,26,30,31)/t23-/m1/s1. The second-order valence-corrected chi connectivity index (χ2v) is 9.98. The zero-order valence-electron chi connectivity index (χ0n) is 18.4. The van der Waals surface area contributed by atoms with Gasteiger partial charge in [-0.2, -0.15) is 0 Å². The highest BCUT2D eigenvalue weighted by Crippen LogP contribution is 2.36.